The van der Waals surface area contributed by atoms with E-state index in [1.165, 1.54) is 11.6 Å². The Morgan fingerprint density at radius 1 is 0.919 bits per heavy atom. The summed E-state index contributed by atoms with van der Waals surface area (Å²) in [6.45, 7) is 3.38. The van der Waals surface area contributed by atoms with Gasteiger partial charge in [0.25, 0.3) is 5.91 Å². The number of aryl methyl sites for hydroxylation is 1. The molecule has 3 aromatic rings. The first-order valence-corrected chi connectivity index (χ1v) is 12.1. The van der Waals surface area contributed by atoms with Crippen molar-refractivity contribution in [1.82, 2.24) is 0 Å². The largest absolute Gasteiger partial charge is 0.497 e. The summed E-state index contributed by atoms with van der Waals surface area (Å²) >= 11 is 12.7. The number of carbonyl (C=O) groups is 1. The van der Waals surface area contributed by atoms with Gasteiger partial charge in [-0.15, -0.1) is 0 Å². The molecule has 0 saturated carbocycles. The number of hydrogen-bond acceptors (Lipinski definition) is 6. The van der Waals surface area contributed by atoms with E-state index in [2.05, 4.69) is 5.32 Å². The highest BCUT2D eigenvalue weighted by atomic mass is 35.5. The highest BCUT2D eigenvalue weighted by molar-refractivity contribution is 6.37. The van der Waals surface area contributed by atoms with Crippen LogP contribution >= 0.6 is 23.2 Å². The van der Waals surface area contributed by atoms with Gasteiger partial charge in [0.15, 0.2) is 5.75 Å². The second kappa shape index (κ2) is 14.1. The summed E-state index contributed by atoms with van der Waals surface area (Å²) in [5.41, 5.74) is 2.06. The van der Waals surface area contributed by atoms with E-state index in [0.29, 0.717) is 42.6 Å². The lowest BCUT2D eigenvalue weighted by molar-refractivity contribution is -0.112. The van der Waals surface area contributed by atoms with Gasteiger partial charge in [-0.3, -0.25) is 4.79 Å². The summed E-state index contributed by atoms with van der Waals surface area (Å²) in [4.78, 5) is 12.5. The van der Waals surface area contributed by atoms with Gasteiger partial charge in [-0.05, 0) is 67.1 Å². The molecule has 0 heterocycles. The number of halogens is 2. The fourth-order valence-corrected chi connectivity index (χ4v) is 3.76. The molecule has 0 aliphatic rings. The van der Waals surface area contributed by atoms with Crippen LogP contribution in [0.25, 0.3) is 6.08 Å². The van der Waals surface area contributed by atoms with E-state index in [-0.39, 0.29) is 22.2 Å². The van der Waals surface area contributed by atoms with E-state index in [0.717, 1.165) is 5.75 Å². The summed E-state index contributed by atoms with van der Waals surface area (Å²) < 4.78 is 21.9. The number of hydrogen-bond donors (Lipinski definition) is 1. The molecule has 37 heavy (non-hydrogen) atoms. The first-order valence-electron chi connectivity index (χ1n) is 11.4. The maximum atomic E-state index is 12.5. The number of carbonyl (C=O) groups excluding carboxylic acids is 1. The first-order chi connectivity index (χ1) is 17.9. The standard InChI is InChI=1S/C28H26Cl2N2O5/c1-19-3-7-24(8-4-19)36-13-11-35-12-14-37-27-25(29)16-20(17-26(27)30)15-21(18-31)28(33)32-22-5-9-23(34-2)10-6-22/h3-10,15-17H,11-14H2,1-2H3,(H,32,33)/b21-15+. The van der Waals surface area contributed by atoms with Crippen molar-refractivity contribution in [3.8, 4) is 23.3 Å². The Morgan fingerprint density at radius 3 is 2.11 bits per heavy atom. The van der Waals surface area contributed by atoms with Crippen LogP contribution in [0, 0.1) is 18.3 Å². The minimum Gasteiger partial charge on any atom is -0.497 e. The van der Waals surface area contributed by atoms with E-state index >= 15 is 0 Å². The van der Waals surface area contributed by atoms with Crippen LogP contribution in [0.15, 0.2) is 66.2 Å². The van der Waals surface area contributed by atoms with Crippen LogP contribution in [0.4, 0.5) is 5.69 Å². The molecule has 1 amide bonds. The van der Waals surface area contributed by atoms with E-state index in [9.17, 15) is 10.1 Å². The number of methoxy groups -OCH3 is 1. The lowest BCUT2D eigenvalue weighted by Gasteiger charge is -2.12. The van der Waals surface area contributed by atoms with Crippen molar-refractivity contribution in [1.29, 1.82) is 5.26 Å². The molecule has 9 heteroatoms. The summed E-state index contributed by atoms with van der Waals surface area (Å²) in [7, 11) is 1.55. The Hall–Kier alpha value is -3.70. The second-order valence-corrected chi connectivity index (χ2v) is 8.60. The fourth-order valence-electron chi connectivity index (χ4n) is 3.15. The molecule has 0 atom stereocenters. The highest BCUT2D eigenvalue weighted by Crippen LogP contribution is 2.35. The Kier molecular flexibility index (Phi) is 10.7. The van der Waals surface area contributed by atoms with E-state index in [4.69, 9.17) is 42.1 Å². The summed E-state index contributed by atoms with van der Waals surface area (Å²) in [5.74, 6) is 1.17. The molecule has 0 aliphatic carbocycles. The zero-order valence-electron chi connectivity index (χ0n) is 20.4. The number of ether oxygens (including phenoxy) is 4. The van der Waals surface area contributed by atoms with Crippen molar-refractivity contribution in [3.63, 3.8) is 0 Å². The Balaban J connectivity index is 1.50. The smallest absolute Gasteiger partial charge is 0.266 e. The molecule has 3 rings (SSSR count). The average molecular weight is 541 g/mol. The van der Waals surface area contributed by atoms with Gasteiger partial charge in [0.05, 0.1) is 30.4 Å². The van der Waals surface area contributed by atoms with Gasteiger partial charge in [0.2, 0.25) is 0 Å². The molecule has 7 nitrogen and oxygen atoms in total. The fraction of sp³-hybridized carbons (Fsp3) is 0.214. The third-order valence-corrected chi connectivity index (χ3v) is 5.60. The Labute approximate surface area is 226 Å². The van der Waals surface area contributed by atoms with Crippen LogP contribution in [0.3, 0.4) is 0 Å². The Morgan fingerprint density at radius 2 is 1.51 bits per heavy atom. The number of rotatable bonds is 12. The van der Waals surface area contributed by atoms with Crippen LogP contribution < -0.4 is 19.5 Å². The third kappa shape index (κ3) is 8.72. The van der Waals surface area contributed by atoms with Crippen molar-refractivity contribution in [2.24, 2.45) is 0 Å². The molecule has 0 unspecified atom stereocenters. The van der Waals surface area contributed by atoms with Crippen LogP contribution in [-0.4, -0.2) is 39.4 Å². The molecule has 0 fully saturated rings. The molecule has 0 radical (unpaired) electrons. The van der Waals surface area contributed by atoms with Gasteiger partial charge in [0, 0.05) is 5.69 Å². The quantitative estimate of drug-likeness (QED) is 0.164. The molecular formula is C28H26Cl2N2O5. The van der Waals surface area contributed by atoms with Crippen LogP contribution in [0.2, 0.25) is 10.0 Å². The van der Waals surface area contributed by atoms with Gasteiger partial charge in [-0.2, -0.15) is 5.26 Å². The van der Waals surface area contributed by atoms with Crippen LogP contribution in [0.1, 0.15) is 11.1 Å². The SMILES string of the molecule is COc1ccc(NC(=O)/C(C#N)=C/c2cc(Cl)c(OCCOCCOc3ccc(C)cc3)c(Cl)c2)cc1. The molecule has 0 saturated heterocycles. The molecule has 3 aromatic carbocycles. The number of nitriles is 1. The van der Waals surface area contributed by atoms with Crippen molar-refractivity contribution < 1.29 is 23.7 Å². The summed E-state index contributed by atoms with van der Waals surface area (Å²) in [5, 5.41) is 12.6. The van der Waals surface area contributed by atoms with Crippen molar-refractivity contribution in [3.05, 3.63) is 87.4 Å². The van der Waals surface area contributed by atoms with Gasteiger partial charge < -0.3 is 24.3 Å². The molecule has 0 spiro atoms. The molecular weight excluding hydrogens is 515 g/mol. The zero-order chi connectivity index (χ0) is 26.6. The minimum absolute atomic E-state index is 0.113. The number of anilines is 1. The molecule has 1 N–H and O–H groups in total. The predicted molar refractivity (Wildman–Crippen MR) is 145 cm³/mol. The minimum atomic E-state index is -0.566. The van der Waals surface area contributed by atoms with E-state index in [1.807, 2.05) is 37.3 Å². The predicted octanol–water partition coefficient (Wildman–Crippen LogP) is 6.33. The topological polar surface area (TPSA) is 89.8 Å². The van der Waals surface area contributed by atoms with E-state index < -0.39 is 5.91 Å². The number of nitrogens with one attached hydrogen (secondary N) is 1. The normalized spacial score (nSPS) is 10.9. The average Bonchev–Trinajstić information content (AvgIpc) is 2.89. The van der Waals surface area contributed by atoms with Crippen LogP contribution in [0.5, 0.6) is 17.2 Å². The van der Waals surface area contributed by atoms with Gasteiger partial charge in [-0.25, -0.2) is 0 Å². The zero-order valence-corrected chi connectivity index (χ0v) is 21.9. The summed E-state index contributed by atoms with van der Waals surface area (Å²) in [6, 6.07) is 19.6. The maximum Gasteiger partial charge on any atom is 0.266 e. The van der Waals surface area contributed by atoms with Gasteiger partial charge in [-0.1, -0.05) is 40.9 Å². The van der Waals surface area contributed by atoms with Crippen molar-refractivity contribution in [2.75, 3.05) is 38.9 Å². The van der Waals surface area contributed by atoms with Gasteiger partial charge in [0.1, 0.15) is 36.4 Å². The van der Waals surface area contributed by atoms with E-state index in [1.54, 1.807) is 43.5 Å². The first kappa shape index (κ1) is 27.9. The maximum absolute atomic E-state index is 12.5. The number of nitrogens with zero attached hydrogens (tertiary/aromatic N) is 1. The Bertz CT molecular complexity index is 1250. The highest BCUT2D eigenvalue weighted by Gasteiger charge is 2.13. The van der Waals surface area contributed by atoms with Crippen LogP contribution in [-0.2, 0) is 9.53 Å². The van der Waals surface area contributed by atoms with Gasteiger partial charge >= 0.3 is 0 Å². The molecule has 192 valence electrons. The number of benzene rings is 3. The monoisotopic (exact) mass is 540 g/mol. The molecule has 0 aliphatic heterocycles. The molecule has 0 aromatic heterocycles. The molecule has 0 bridgehead atoms. The summed E-state index contributed by atoms with van der Waals surface area (Å²) in [6.07, 6.45) is 1.40. The number of amides is 1. The lowest BCUT2D eigenvalue weighted by atomic mass is 10.1. The second-order valence-electron chi connectivity index (χ2n) is 7.79. The third-order valence-electron chi connectivity index (χ3n) is 5.04. The van der Waals surface area contributed by atoms with Crippen molar-refractivity contribution in [2.45, 2.75) is 6.92 Å². The lowest BCUT2D eigenvalue weighted by Crippen LogP contribution is -2.13. The van der Waals surface area contributed by atoms with Crippen molar-refractivity contribution >= 4 is 40.9 Å².